The van der Waals surface area contributed by atoms with Crippen LogP contribution in [0, 0.1) is 19.7 Å². The van der Waals surface area contributed by atoms with Crippen molar-refractivity contribution in [3.63, 3.8) is 0 Å². The molecule has 8 heteroatoms. The molecule has 0 atom stereocenters. The summed E-state index contributed by atoms with van der Waals surface area (Å²) in [5.41, 5.74) is 3.13. The van der Waals surface area contributed by atoms with Crippen molar-refractivity contribution < 1.29 is 13.7 Å². The summed E-state index contributed by atoms with van der Waals surface area (Å²) in [5.74, 6) is 0.191. The molecule has 4 rings (SSSR count). The molecular weight excluding hydrogens is 361 g/mol. The van der Waals surface area contributed by atoms with Crippen LogP contribution in [0.2, 0.25) is 0 Å². The lowest BCUT2D eigenvalue weighted by atomic mass is 9.85. The summed E-state index contributed by atoms with van der Waals surface area (Å²) in [6.45, 7) is 8.08. The lowest BCUT2D eigenvalue weighted by Crippen LogP contribution is -2.37. The molecule has 0 bridgehead atoms. The summed E-state index contributed by atoms with van der Waals surface area (Å²) in [7, 11) is 0. The highest BCUT2D eigenvalue weighted by Crippen LogP contribution is 2.38. The number of carbonyl (C=O) groups is 1. The monoisotopic (exact) mass is 381 g/mol. The van der Waals surface area contributed by atoms with Gasteiger partial charge in [-0.3, -0.25) is 9.89 Å². The zero-order valence-corrected chi connectivity index (χ0v) is 16.1. The number of nitrogens with zero attached hydrogens (tertiary/aromatic N) is 4. The molecule has 0 saturated carbocycles. The van der Waals surface area contributed by atoms with Crippen LogP contribution in [0.5, 0.6) is 0 Å². The van der Waals surface area contributed by atoms with Crippen molar-refractivity contribution in [3.8, 4) is 0 Å². The van der Waals surface area contributed by atoms with Crippen LogP contribution in [0.3, 0.4) is 0 Å². The third-order valence-corrected chi connectivity index (χ3v) is 4.85. The highest BCUT2D eigenvalue weighted by atomic mass is 19.1. The predicted octanol–water partition coefficient (Wildman–Crippen LogP) is 3.37. The topological polar surface area (TPSA) is 87.9 Å². The van der Waals surface area contributed by atoms with Crippen LogP contribution in [0.4, 0.5) is 4.39 Å². The number of amides is 1. The van der Waals surface area contributed by atoms with Crippen molar-refractivity contribution >= 4 is 11.5 Å². The zero-order chi connectivity index (χ0) is 20.1. The van der Waals surface area contributed by atoms with E-state index in [1.807, 2.05) is 20.8 Å². The largest absolute Gasteiger partial charge is 0.334 e. The lowest BCUT2D eigenvalue weighted by Gasteiger charge is -2.28. The molecule has 7 nitrogen and oxygen atoms in total. The van der Waals surface area contributed by atoms with Gasteiger partial charge in [-0.15, -0.1) is 0 Å². The molecule has 0 radical (unpaired) electrons. The molecule has 1 amide bonds. The quantitative estimate of drug-likeness (QED) is 0.735. The van der Waals surface area contributed by atoms with E-state index in [0.717, 1.165) is 17.0 Å². The van der Waals surface area contributed by atoms with Gasteiger partial charge in [0, 0.05) is 29.3 Å². The lowest BCUT2D eigenvalue weighted by molar-refractivity contribution is 0.0800. The Morgan fingerprint density at radius 2 is 1.96 bits per heavy atom. The molecule has 0 unspecified atom stereocenters. The van der Waals surface area contributed by atoms with Gasteiger partial charge >= 0.3 is 0 Å². The normalized spacial score (nSPS) is 15.8. The van der Waals surface area contributed by atoms with E-state index in [9.17, 15) is 9.18 Å². The summed E-state index contributed by atoms with van der Waals surface area (Å²) in [6, 6.07) is 5.51. The van der Waals surface area contributed by atoms with Gasteiger partial charge in [0.2, 0.25) is 0 Å². The van der Waals surface area contributed by atoms with Crippen molar-refractivity contribution in [1.29, 1.82) is 0 Å². The van der Waals surface area contributed by atoms with E-state index in [-0.39, 0.29) is 11.7 Å². The molecule has 0 saturated heterocycles. The maximum atomic E-state index is 13.3. The number of halogens is 1. The smallest absolute Gasteiger partial charge is 0.260 e. The van der Waals surface area contributed by atoms with Crippen molar-refractivity contribution in [2.45, 2.75) is 33.1 Å². The van der Waals surface area contributed by atoms with E-state index in [0.29, 0.717) is 29.4 Å². The van der Waals surface area contributed by atoms with Gasteiger partial charge in [-0.25, -0.2) is 4.39 Å². The number of fused-ring (bicyclic) bond motifs is 1. The minimum absolute atomic E-state index is 0.238. The molecule has 3 heterocycles. The minimum atomic E-state index is -0.417. The zero-order valence-electron chi connectivity index (χ0n) is 16.1. The summed E-state index contributed by atoms with van der Waals surface area (Å²) >= 11 is 0. The first-order valence-electron chi connectivity index (χ1n) is 8.91. The molecule has 1 aromatic carbocycles. The summed E-state index contributed by atoms with van der Waals surface area (Å²) < 4.78 is 18.7. The number of carbonyl (C=O) groups excluding carboxylic acids is 1. The second kappa shape index (κ2) is 6.40. The summed E-state index contributed by atoms with van der Waals surface area (Å²) in [5, 5.41) is 11.3. The Morgan fingerprint density at radius 3 is 2.61 bits per heavy atom. The maximum Gasteiger partial charge on any atom is 0.260 e. The second-order valence-corrected chi connectivity index (χ2v) is 7.57. The number of aromatic amines is 1. The van der Waals surface area contributed by atoms with Crippen LogP contribution in [-0.2, 0) is 5.41 Å². The SMILES string of the molecule is Cc1noc(C2=CN(C(=O)c3ccc(F)cc3)CC(C)(C)c3[nH]nc(C)c32)n1. The standard InChI is InChI=1S/C20H20FN5O2/c1-11-16-15(18-22-12(2)25-28-18)9-26(10-20(3,4)17(16)24-23-11)19(27)13-5-7-14(21)8-6-13/h5-9H,10H2,1-4H3,(H,23,24). The first-order valence-corrected chi connectivity index (χ1v) is 8.91. The third-order valence-electron chi connectivity index (χ3n) is 4.85. The molecule has 1 N–H and O–H groups in total. The second-order valence-electron chi connectivity index (χ2n) is 7.57. The number of aromatic nitrogens is 4. The van der Waals surface area contributed by atoms with Gasteiger partial charge < -0.3 is 9.42 Å². The Balaban J connectivity index is 1.87. The molecule has 0 aliphatic carbocycles. The fourth-order valence-electron chi connectivity index (χ4n) is 3.48. The summed E-state index contributed by atoms with van der Waals surface area (Å²) in [4.78, 5) is 19.1. The Kier molecular flexibility index (Phi) is 4.14. The molecule has 2 aromatic heterocycles. The van der Waals surface area contributed by atoms with Crippen LogP contribution in [0.15, 0.2) is 35.0 Å². The van der Waals surface area contributed by atoms with Crippen LogP contribution in [0.1, 0.15) is 52.9 Å². The van der Waals surface area contributed by atoms with Crippen LogP contribution < -0.4 is 0 Å². The van der Waals surface area contributed by atoms with E-state index in [4.69, 9.17) is 4.52 Å². The molecule has 1 aliphatic rings. The highest BCUT2D eigenvalue weighted by Gasteiger charge is 2.37. The van der Waals surface area contributed by atoms with Gasteiger partial charge in [0.25, 0.3) is 11.8 Å². The van der Waals surface area contributed by atoms with E-state index in [2.05, 4.69) is 20.3 Å². The molecule has 0 spiro atoms. The number of benzene rings is 1. The van der Waals surface area contributed by atoms with Crippen LogP contribution in [0.25, 0.3) is 5.57 Å². The average Bonchev–Trinajstić information content (AvgIpc) is 3.22. The number of H-pyrrole nitrogens is 1. The number of hydrogen-bond donors (Lipinski definition) is 1. The van der Waals surface area contributed by atoms with Crippen molar-refractivity contribution in [2.75, 3.05) is 6.54 Å². The van der Waals surface area contributed by atoms with E-state index >= 15 is 0 Å². The van der Waals surface area contributed by atoms with Gasteiger partial charge in [0.15, 0.2) is 5.82 Å². The predicted molar refractivity (Wildman–Crippen MR) is 99.9 cm³/mol. The fraction of sp³-hybridized carbons (Fsp3) is 0.300. The minimum Gasteiger partial charge on any atom is -0.334 e. The first-order chi connectivity index (χ1) is 13.3. The highest BCUT2D eigenvalue weighted by molar-refractivity contribution is 5.96. The molecule has 1 aliphatic heterocycles. The average molecular weight is 381 g/mol. The number of rotatable bonds is 2. The Bertz CT molecular complexity index is 1080. The molecule has 0 fully saturated rings. The van der Waals surface area contributed by atoms with E-state index in [1.54, 1.807) is 18.0 Å². The Labute approximate surface area is 161 Å². The first kappa shape index (κ1) is 18.1. The summed E-state index contributed by atoms with van der Waals surface area (Å²) in [6.07, 6.45) is 1.72. The van der Waals surface area contributed by atoms with Gasteiger partial charge in [-0.2, -0.15) is 10.1 Å². The fourth-order valence-corrected chi connectivity index (χ4v) is 3.48. The molecule has 144 valence electrons. The van der Waals surface area contributed by atoms with Crippen LogP contribution >= 0.6 is 0 Å². The number of nitrogens with one attached hydrogen (secondary N) is 1. The molecule has 28 heavy (non-hydrogen) atoms. The molecular formula is C20H20FN5O2. The van der Waals surface area contributed by atoms with Crippen molar-refractivity contribution in [1.82, 2.24) is 25.2 Å². The van der Waals surface area contributed by atoms with Crippen LogP contribution in [-0.4, -0.2) is 37.7 Å². The van der Waals surface area contributed by atoms with Gasteiger partial charge in [0.05, 0.1) is 17.0 Å². The van der Waals surface area contributed by atoms with Crippen molar-refractivity contribution in [3.05, 3.63) is 70.5 Å². The van der Waals surface area contributed by atoms with Crippen molar-refractivity contribution in [2.24, 2.45) is 0 Å². The Morgan fingerprint density at radius 1 is 1.25 bits per heavy atom. The number of hydrogen-bond acceptors (Lipinski definition) is 5. The number of aryl methyl sites for hydroxylation is 2. The third kappa shape index (κ3) is 3.00. The van der Waals surface area contributed by atoms with E-state index in [1.165, 1.54) is 24.3 Å². The Hall–Kier alpha value is -3.29. The van der Waals surface area contributed by atoms with Gasteiger partial charge in [-0.1, -0.05) is 19.0 Å². The maximum absolute atomic E-state index is 13.3. The van der Waals surface area contributed by atoms with Gasteiger partial charge in [0.1, 0.15) is 5.82 Å². The van der Waals surface area contributed by atoms with E-state index < -0.39 is 5.41 Å². The van der Waals surface area contributed by atoms with Gasteiger partial charge in [-0.05, 0) is 38.1 Å². The molecule has 3 aromatic rings.